The Bertz CT molecular complexity index is 884. The van der Waals surface area contributed by atoms with E-state index in [0.29, 0.717) is 13.2 Å². The second-order valence-electron chi connectivity index (χ2n) is 6.24. The van der Waals surface area contributed by atoms with Crippen LogP contribution in [0.2, 0.25) is 5.02 Å². The normalized spacial score (nSPS) is 11.8. The lowest BCUT2D eigenvalue weighted by molar-refractivity contribution is 0.328. The Morgan fingerprint density at radius 1 is 0.815 bits per heavy atom. The molecule has 0 aliphatic carbocycles. The Labute approximate surface area is 166 Å². The van der Waals surface area contributed by atoms with Crippen molar-refractivity contribution in [3.05, 3.63) is 101 Å². The first kappa shape index (κ1) is 19.2. The van der Waals surface area contributed by atoms with Crippen molar-refractivity contribution in [2.45, 2.75) is 13.3 Å². The van der Waals surface area contributed by atoms with Gasteiger partial charge in [0, 0.05) is 11.6 Å². The summed E-state index contributed by atoms with van der Waals surface area (Å²) in [4.78, 5) is 0. The van der Waals surface area contributed by atoms with Crippen molar-refractivity contribution in [3.63, 3.8) is 0 Å². The van der Waals surface area contributed by atoms with Crippen molar-refractivity contribution in [2.24, 2.45) is 5.73 Å². The monoisotopic (exact) mass is 377 g/mol. The fraction of sp³-hybridized carbons (Fsp3) is 0.167. The lowest BCUT2D eigenvalue weighted by Gasteiger charge is -2.17. The zero-order chi connectivity index (χ0) is 19.1. The maximum Gasteiger partial charge on any atom is 0.119 e. The van der Waals surface area contributed by atoms with Gasteiger partial charge in [-0.1, -0.05) is 73.1 Å². The minimum Gasteiger partial charge on any atom is -0.492 e. The van der Waals surface area contributed by atoms with Gasteiger partial charge in [-0.05, 0) is 58.5 Å². The Morgan fingerprint density at radius 3 is 1.96 bits per heavy atom. The first-order valence-electron chi connectivity index (χ1n) is 9.20. The van der Waals surface area contributed by atoms with Crippen molar-refractivity contribution in [3.8, 4) is 5.75 Å². The molecule has 3 heteroatoms. The minimum atomic E-state index is 0.506. The zero-order valence-corrected chi connectivity index (χ0v) is 16.2. The summed E-state index contributed by atoms with van der Waals surface area (Å²) in [6.45, 7) is 3.21. The molecule has 0 fully saturated rings. The highest BCUT2D eigenvalue weighted by atomic mass is 35.5. The highest BCUT2D eigenvalue weighted by molar-refractivity contribution is 6.30. The molecule has 138 valence electrons. The molecule has 0 amide bonds. The van der Waals surface area contributed by atoms with Gasteiger partial charge in [0.25, 0.3) is 0 Å². The van der Waals surface area contributed by atoms with Crippen LogP contribution in [0.4, 0.5) is 0 Å². The fourth-order valence-electron chi connectivity index (χ4n) is 3.19. The standard InChI is InChI=1S/C24H24ClNO/c1-2-23(18-6-4-3-5-7-18)24(19-8-12-21(25)13-9-19)20-10-14-22(15-11-20)27-17-16-26/h3-15H,2,16-17,26H2,1H3/b24-23+. The van der Waals surface area contributed by atoms with Crippen LogP contribution in [0, 0.1) is 0 Å². The number of allylic oxidation sites excluding steroid dienone is 1. The predicted molar refractivity (Wildman–Crippen MR) is 115 cm³/mol. The van der Waals surface area contributed by atoms with E-state index in [9.17, 15) is 0 Å². The lowest BCUT2D eigenvalue weighted by Crippen LogP contribution is -2.10. The SMILES string of the molecule is CC/C(=C(/c1ccc(Cl)cc1)c1ccc(OCCN)cc1)c1ccccc1. The van der Waals surface area contributed by atoms with Crippen LogP contribution in [-0.4, -0.2) is 13.2 Å². The Hall–Kier alpha value is -2.55. The Kier molecular flexibility index (Phi) is 6.69. The molecule has 0 aliphatic rings. The minimum absolute atomic E-state index is 0.506. The van der Waals surface area contributed by atoms with Crippen LogP contribution in [0.15, 0.2) is 78.9 Å². The summed E-state index contributed by atoms with van der Waals surface area (Å²) in [6, 6.07) is 26.8. The van der Waals surface area contributed by atoms with Crippen LogP contribution in [0.3, 0.4) is 0 Å². The molecule has 0 aromatic heterocycles. The molecule has 3 aromatic carbocycles. The molecular formula is C24H24ClNO. The van der Waals surface area contributed by atoms with Gasteiger partial charge < -0.3 is 10.5 Å². The largest absolute Gasteiger partial charge is 0.492 e. The molecule has 2 nitrogen and oxygen atoms in total. The van der Waals surface area contributed by atoms with Crippen LogP contribution in [-0.2, 0) is 0 Å². The van der Waals surface area contributed by atoms with Gasteiger partial charge in [0.15, 0.2) is 0 Å². The molecule has 0 unspecified atom stereocenters. The van der Waals surface area contributed by atoms with Crippen molar-refractivity contribution < 1.29 is 4.74 Å². The van der Waals surface area contributed by atoms with Gasteiger partial charge in [0.1, 0.15) is 12.4 Å². The third-order valence-electron chi connectivity index (χ3n) is 4.44. The molecule has 0 spiro atoms. The number of rotatable bonds is 7. The van der Waals surface area contributed by atoms with E-state index < -0.39 is 0 Å². The van der Waals surface area contributed by atoms with E-state index in [1.165, 1.54) is 16.7 Å². The van der Waals surface area contributed by atoms with Gasteiger partial charge in [0.2, 0.25) is 0 Å². The van der Waals surface area contributed by atoms with Crippen LogP contribution >= 0.6 is 11.6 Å². The summed E-state index contributed by atoms with van der Waals surface area (Å²) < 4.78 is 5.62. The summed E-state index contributed by atoms with van der Waals surface area (Å²) in [5.41, 5.74) is 11.6. The summed E-state index contributed by atoms with van der Waals surface area (Å²) in [5.74, 6) is 0.831. The second-order valence-corrected chi connectivity index (χ2v) is 6.68. The summed E-state index contributed by atoms with van der Waals surface area (Å²) in [7, 11) is 0. The van der Waals surface area contributed by atoms with Crippen molar-refractivity contribution in [1.29, 1.82) is 0 Å². The van der Waals surface area contributed by atoms with E-state index in [2.05, 4.69) is 55.5 Å². The third kappa shape index (κ3) is 4.79. The summed E-state index contributed by atoms with van der Waals surface area (Å²) in [6.07, 6.45) is 0.924. The maximum absolute atomic E-state index is 6.12. The Morgan fingerprint density at radius 2 is 1.41 bits per heavy atom. The maximum atomic E-state index is 6.12. The van der Waals surface area contributed by atoms with Gasteiger partial charge >= 0.3 is 0 Å². The number of hydrogen-bond donors (Lipinski definition) is 1. The highest BCUT2D eigenvalue weighted by Gasteiger charge is 2.13. The predicted octanol–water partition coefficient (Wildman–Crippen LogP) is 6.05. The fourth-order valence-corrected chi connectivity index (χ4v) is 3.32. The summed E-state index contributed by atoms with van der Waals surface area (Å²) in [5, 5.41) is 0.737. The molecule has 0 atom stereocenters. The molecule has 0 aliphatic heterocycles. The van der Waals surface area contributed by atoms with Gasteiger partial charge in [-0.3, -0.25) is 0 Å². The van der Waals surface area contributed by atoms with Crippen LogP contribution in [0.25, 0.3) is 11.1 Å². The van der Waals surface area contributed by atoms with E-state index >= 15 is 0 Å². The quantitative estimate of drug-likeness (QED) is 0.509. The molecule has 0 saturated carbocycles. The average Bonchev–Trinajstić information content (AvgIpc) is 2.72. The highest BCUT2D eigenvalue weighted by Crippen LogP contribution is 2.35. The van der Waals surface area contributed by atoms with E-state index in [0.717, 1.165) is 28.3 Å². The zero-order valence-electron chi connectivity index (χ0n) is 15.5. The molecule has 2 N–H and O–H groups in total. The molecule has 0 saturated heterocycles. The summed E-state index contributed by atoms with van der Waals surface area (Å²) >= 11 is 6.12. The van der Waals surface area contributed by atoms with Crippen LogP contribution in [0.5, 0.6) is 5.75 Å². The molecule has 0 radical (unpaired) electrons. The van der Waals surface area contributed by atoms with Crippen LogP contribution < -0.4 is 10.5 Å². The second kappa shape index (κ2) is 9.40. The van der Waals surface area contributed by atoms with E-state index in [-0.39, 0.29) is 0 Å². The Balaban J connectivity index is 2.13. The molecular weight excluding hydrogens is 354 g/mol. The van der Waals surface area contributed by atoms with Gasteiger partial charge in [-0.25, -0.2) is 0 Å². The van der Waals surface area contributed by atoms with Crippen molar-refractivity contribution >= 4 is 22.7 Å². The van der Waals surface area contributed by atoms with Crippen LogP contribution in [0.1, 0.15) is 30.0 Å². The number of benzene rings is 3. The topological polar surface area (TPSA) is 35.2 Å². The number of ether oxygens (including phenoxy) is 1. The number of nitrogens with two attached hydrogens (primary N) is 1. The van der Waals surface area contributed by atoms with Crippen molar-refractivity contribution in [1.82, 2.24) is 0 Å². The van der Waals surface area contributed by atoms with Gasteiger partial charge in [0.05, 0.1) is 0 Å². The first-order chi connectivity index (χ1) is 13.2. The number of halogens is 1. The average molecular weight is 378 g/mol. The first-order valence-corrected chi connectivity index (χ1v) is 9.58. The number of hydrogen-bond acceptors (Lipinski definition) is 2. The van der Waals surface area contributed by atoms with Gasteiger partial charge in [-0.2, -0.15) is 0 Å². The molecule has 0 bridgehead atoms. The van der Waals surface area contributed by atoms with E-state index in [4.69, 9.17) is 22.1 Å². The molecule has 3 aromatic rings. The molecule has 3 rings (SSSR count). The van der Waals surface area contributed by atoms with E-state index in [1.807, 2.05) is 30.3 Å². The lowest BCUT2D eigenvalue weighted by atomic mass is 9.88. The third-order valence-corrected chi connectivity index (χ3v) is 4.69. The van der Waals surface area contributed by atoms with E-state index in [1.54, 1.807) is 0 Å². The van der Waals surface area contributed by atoms with Crippen molar-refractivity contribution in [2.75, 3.05) is 13.2 Å². The molecule has 27 heavy (non-hydrogen) atoms. The van der Waals surface area contributed by atoms with Gasteiger partial charge in [-0.15, -0.1) is 0 Å². The molecule has 0 heterocycles. The smallest absolute Gasteiger partial charge is 0.119 e.